The van der Waals surface area contributed by atoms with E-state index < -0.39 is 10.9 Å². The predicted molar refractivity (Wildman–Crippen MR) is 83.1 cm³/mol. The number of hydrogen-bond donors (Lipinski definition) is 1. The van der Waals surface area contributed by atoms with Gasteiger partial charge < -0.3 is 15.2 Å². The molecule has 0 amide bonds. The lowest BCUT2D eigenvalue weighted by atomic mass is 10.2. The van der Waals surface area contributed by atoms with Gasteiger partial charge in [0, 0.05) is 0 Å². The summed E-state index contributed by atoms with van der Waals surface area (Å²) in [5.41, 5.74) is 4.75. The van der Waals surface area contributed by atoms with Crippen LogP contribution in [0.25, 0.3) is 0 Å². The molecule has 0 atom stereocenters. The van der Waals surface area contributed by atoms with Crippen LogP contribution in [-0.2, 0) is 6.61 Å². The number of benzene rings is 2. The highest BCUT2D eigenvalue weighted by Crippen LogP contribution is 2.22. The van der Waals surface area contributed by atoms with Crippen molar-refractivity contribution in [2.45, 2.75) is 6.61 Å². The van der Waals surface area contributed by atoms with E-state index in [1.165, 1.54) is 0 Å². The Morgan fingerprint density at radius 3 is 2.32 bits per heavy atom. The standard InChI is InChI=1S/C17H13NO4/c18-14-15(19)16(20)17(14)21-10-11-5-4-8-13(9-11)22-12-6-2-1-3-7-12/h1-9H,10,18H2. The van der Waals surface area contributed by atoms with E-state index in [1.54, 1.807) is 6.07 Å². The van der Waals surface area contributed by atoms with E-state index in [1.807, 2.05) is 48.5 Å². The Hall–Kier alpha value is -3.08. The van der Waals surface area contributed by atoms with Crippen LogP contribution in [0.5, 0.6) is 17.2 Å². The highest BCUT2D eigenvalue weighted by molar-refractivity contribution is 5.57. The highest BCUT2D eigenvalue weighted by atomic mass is 16.5. The Balaban J connectivity index is 1.69. The van der Waals surface area contributed by atoms with Crippen molar-refractivity contribution in [3.8, 4) is 17.2 Å². The molecule has 5 nitrogen and oxygen atoms in total. The van der Waals surface area contributed by atoms with Crippen LogP contribution in [-0.4, -0.2) is 0 Å². The maximum atomic E-state index is 11.3. The first-order chi connectivity index (χ1) is 10.6. The molecule has 3 aromatic rings. The molecule has 0 fully saturated rings. The second kappa shape index (κ2) is 5.73. The molecule has 0 aliphatic heterocycles. The topological polar surface area (TPSA) is 78.6 Å². The van der Waals surface area contributed by atoms with E-state index in [0.717, 1.165) is 11.3 Å². The zero-order valence-corrected chi connectivity index (χ0v) is 11.6. The molecule has 0 saturated carbocycles. The molecule has 22 heavy (non-hydrogen) atoms. The third-order valence-electron chi connectivity index (χ3n) is 3.16. The largest absolute Gasteiger partial charge is 0.482 e. The molecular weight excluding hydrogens is 282 g/mol. The molecular formula is C17H13NO4. The number of ether oxygens (including phenoxy) is 2. The molecule has 0 aliphatic carbocycles. The molecule has 0 radical (unpaired) electrons. The average molecular weight is 295 g/mol. The van der Waals surface area contributed by atoms with Crippen molar-refractivity contribution in [1.82, 2.24) is 0 Å². The van der Waals surface area contributed by atoms with Gasteiger partial charge in [-0.05, 0) is 29.8 Å². The Morgan fingerprint density at radius 1 is 0.864 bits per heavy atom. The second-order valence-electron chi connectivity index (χ2n) is 4.75. The zero-order valence-electron chi connectivity index (χ0n) is 11.6. The molecule has 0 aliphatic rings. The minimum atomic E-state index is -0.684. The van der Waals surface area contributed by atoms with Crippen LogP contribution in [0.4, 0.5) is 5.69 Å². The monoisotopic (exact) mass is 295 g/mol. The minimum Gasteiger partial charge on any atom is -0.482 e. The van der Waals surface area contributed by atoms with Gasteiger partial charge in [0.15, 0.2) is 5.75 Å². The van der Waals surface area contributed by atoms with Gasteiger partial charge in [0.1, 0.15) is 23.8 Å². The fourth-order valence-electron chi connectivity index (χ4n) is 2.01. The molecule has 2 N–H and O–H groups in total. The van der Waals surface area contributed by atoms with Crippen LogP contribution >= 0.6 is 0 Å². The van der Waals surface area contributed by atoms with Crippen molar-refractivity contribution < 1.29 is 9.47 Å². The highest BCUT2D eigenvalue weighted by Gasteiger charge is 2.19. The minimum absolute atomic E-state index is 0.0561. The van der Waals surface area contributed by atoms with Crippen LogP contribution in [0, 0.1) is 0 Å². The van der Waals surface area contributed by atoms with E-state index in [4.69, 9.17) is 15.2 Å². The van der Waals surface area contributed by atoms with Crippen molar-refractivity contribution >= 4 is 5.69 Å². The summed E-state index contributed by atoms with van der Waals surface area (Å²) in [5.74, 6) is 1.33. The van der Waals surface area contributed by atoms with Gasteiger partial charge in [0.25, 0.3) is 10.9 Å². The summed E-state index contributed by atoms with van der Waals surface area (Å²) >= 11 is 0. The molecule has 0 bridgehead atoms. The summed E-state index contributed by atoms with van der Waals surface area (Å²) in [7, 11) is 0. The second-order valence-corrected chi connectivity index (χ2v) is 4.75. The van der Waals surface area contributed by atoms with Crippen molar-refractivity contribution in [1.29, 1.82) is 0 Å². The van der Waals surface area contributed by atoms with E-state index in [9.17, 15) is 9.59 Å². The normalized spacial score (nSPS) is 10.5. The van der Waals surface area contributed by atoms with E-state index >= 15 is 0 Å². The molecule has 0 unspecified atom stereocenters. The first-order valence-electron chi connectivity index (χ1n) is 6.68. The third kappa shape index (κ3) is 2.69. The summed E-state index contributed by atoms with van der Waals surface area (Å²) in [5, 5.41) is 0. The van der Waals surface area contributed by atoms with Crippen LogP contribution in [0.15, 0.2) is 64.2 Å². The molecule has 0 heterocycles. The van der Waals surface area contributed by atoms with Gasteiger partial charge in [-0.2, -0.15) is 0 Å². The summed E-state index contributed by atoms with van der Waals surface area (Å²) in [6.07, 6.45) is 0. The predicted octanol–water partition coefficient (Wildman–Crippen LogP) is 2.24. The molecule has 0 aromatic heterocycles. The number of hydrogen-bond acceptors (Lipinski definition) is 5. The number of nitrogens with two attached hydrogens (primary N) is 1. The van der Waals surface area contributed by atoms with Gasteiger partial charge in [-0.3, -0.25) is 9.59 Å². The first-order valence-corrected chi connectivity index (χ1v) is 6.68. The van der Waals surface area contributed by atoms with E-state index in [-0.39, 0.29) is 18.0 Å². The van der Waals surface area contributed by atoms with Crippen molar-refractivity contribution in [2.24, 2.45) is 0 Å². The van der Waals surface area contributed by atoms with E-state index in [2.05, 4.69) is 0 Å². The Bertz CT molecular complexity index is 864. The van der Waals surface area contributed by atoms with Gasteiger partial charge in [-0.15, -0.1) is 0 Å². The summed E-state index contributed by atoms with van der Waals surface area (Å²) in [6, 6.07) is 16.7. The van der Waals surface area contributed by atoms with Crippen molar-refractivity contribution in [3.63, 3.8) is 0 Å². The van der Waals surface area contributed by atoms with Crippen molar-refractivity contribution in [3.05, 3.63) is 80.6 Å². The Labute approximate surface area is 126 Å². The lowest BCUT2D eigenvalue weighted by Gasteiger charge is -2.10. The van der Waals surface area contributed by atoms with Gasteiger partial charge in [0.05, 0.1) is 0 Å². The lowest BCUT2D eigenvalue weighted by Crippen LogP contribution is -2.35. The first kappa shape index (κ1) is 13.9. The average Bonchev–Trinajstić information content (AvgIpc) is 2.56. The molecule has 3 rings (SSSR count). The van der Waals surface area contributed by atoms with Gasteiger partial charge >= 0.3 is 0 Å². The maximum Gasteiger partial charge on any atom is 0.272 e. The van der Waals surface area contributed by atoms with Crippen LogP contribution in [0.3, 0.4) is 0 Å². The zero-order chi connectivity index (χ0) is 15.5. The number of nitrogen functional groups attached to an aromatic ring is 1. The molecule has 0 saturated heterocycles. The van der Waals surface area contributed by atoms with Crippen LogP contribution in [0.1, 0.15) is 5.56 Å². The number of anilines is 1. The Morgan fingerprint density at radius 2 is 1.59 bits per heavy atom. The maximum absolute atomic E-state index is 11.3. The fraction of sp³-hybridized carbons (Fsp3) is 0.0588. The fourth-order valence-corrected chi connectivity index (χ4v) is 2.01. The van der Waals surface area contributed by atoms with Crippen LogP contribution in [0.2, 0.25) is 0 Å². The lowest BCUT2D eigenvalue weighted by molar-refractivity contribution is 0.301. The van der Waals surface area contributed by atoms with Gasteiger partial charge in [-0.1, -0.05) is 30.3 Å². The third-order valence-corrected chi connectivity index (χ3v) is 3.16. The molecule has 0 spiro atoms. The van der Waals surface area contributed by atoms with Crippen LogP contribution < -0.4 is 26.1 Å². The summed E-state index contributed by atoms with van der Waals surface area (Å²) in [4.78, 5) is 22.3. The molecule has 3 aromatic carbocycles. The van der Waals surface area contributed by atoms with Gasteiger partial charge in [0.2, 0.25) is 0 Å². The Kier molecular flexibility index (Phi) is 3.62. The number of para-hydroxylation sites is 1. The summed E-state index contributed by atoms with van der Waals surface area (Å²) < 4.78 is 11.0. The van der Waals surface area contributed by atoms with E-state index in [0.29, 0.717) is 5.75 Å². The van der Waals surface area contributed by atoms with Crippen molar-refractivity contribution in [2.75, 3.05) is 5.73 Å². The number of rotatable bonds is 5. The summed E-state index contributed by atoms with van der Waals surface area (Å²) in [6.45, 7) is 0.140. The SMILES string of the molecule is Nc1c(OCc2cccc(Oc3ccccc3)c2)c(=O)c1=O. The molecule has 110 valence electrons. The smallest absolute Gasteiger partial charge is 0.272 e. The molecule has 5 heteroatoms. The van der Waals surface area contributed by atoms with Gasteiger partial charge in [-0.25, -0.2) is 0 Å². The quantitative estimate of drug-likeness (QED) is 0.730.